The minimum atomic E-state index is -0.207. The van der Waals surface area contributed by atoms with Gasteiger partial charge in [0.15, 0.2) is 0 Å². The maximum Gasteiger partial charge on any atom is 0.302 e. The lowest BCUT2D eigenvalue weighted by Gasteiger charge is -2.58. The summed E-state index contributed by atoms with van der Waals surface area (Å²) in [4.78, 5) is 16.0. The molecule has 0 aromatic heterocycles. The molecule has 0 heterocycles. The molecule has 0 N–H and O–H groups in total. The largest absolute Gasteiger partial charge is 0.462 e. The summed E-state index contributed by atoms with van der Waals surface area (Å²) in [5, 5.41) is 0. The molecule has 8 atom stereocenters. The molecule has 3 saturated carbocycles. The predicted molar refractivity (Wildman–Crippen MR) is 187 cm³/mol. The van der Waals surface area contributed by atoms with Crippen molar-refractivity contribution in [2.45, 2.75) is 125 Å². The Morgan fingerprint density at radius 2 is 1.77 bits per heavy atom. The molecule has 0 amide bonds. The third-order valence-corrected chi connectivity index (χ3v) is 13.3. The summed E-state index contributed by atoms with van der Waals surface area (Å²) in [5.74, 6) is 6.11. The maximum atomic E-state index is 11.1. The Balaban J connectivity index is 1.33. The van der Waals surface area contributed by atoms with E-state index in [1.54, 1.807) is 0 Å². The van der Waals surface area contributed by atoms with Gasteiger partial charge in [-0.15, -0.1) is 0 Å². The van der Waals surface area contributed by atoms with Crippen LogP contribution in [0.3, 0.4) is 0 Å². The van der Waals surface area contributed by atoms with E-state index in [1.165, 1.54) is 96.9 Å². The molecular weight excluding hydrogens is 540 g/mol. The molecule has 4 heteroatoms. The van der Waals surface area contributed by atoms with Crippen LogP contribution in [0.2, 0.25) is 0 Å². The second-order valence-corrected chi connectivity index (χ2v) is 16.9. The molecule has 0 radical (unpaired) electrons. The Morgan fingerprint density at radius 1 is 0.977 bits per heavy atom. The van der Waals surface area contributed by atoms with Crippen molar-refractivity contribution in [1.82, 2.24) is 9.80 Å². The van der Waals surface area contributed by atoms with Crippen molar-refractivity contribution >= 4 is 5.97 Å². The van der Waals surface area contributed by atoms with E-state index >= 15 is 0 Å². The summed E-state index contributed by atoms with van der Waals surface area (Å²) >= 11 is 0. The second-order valence-electron chi connectivity index (χ2n) is 16.9. The molecule has 0 aliphatic heterocycles. The lowest BCUT2D eigenvalue weighted by atomic mass is 9.46. The van der Waals surface area contributed by atoms with Crippen LogP contribution in [0, 0.1) is 52.3 Å². The first kappa shape index (κ1) is 35.7. The highest BCUT2D eigenvalue weighted by atomic mass is 16.5. The third kappa shape index (κ3) is 8.81. The summed E-state index contributed by atoms with van der Waals surface area (Å²) in [5.41, 5.74) is 2.88. The van der Waals surface area contributed by atoms with Gasteiger partial charge in [-0.05, 0) is 156 Å². The highest BCUT2D eigenvalue weighted by Crippen LogP contribution is 2.67. The Hall–Kier alpha value is -1.13. The van der Waals surface area contributed by atoms with Crippen LogP contribution in [0.15, 0.2) is 23.8 Å². The molecule has 0 spiro atoms. The van der Waals surface area contributed by atoms with E-state index < -0.39 is 0 Å². The number of carbonyl (C=O) groups is 1. The molecule has 0 saturated heterocycles. The number of esters is 1. The van der Waals surface area contributed by atoms with Crippen molar-refractivity contribution in [3.63, 3.8) is 0 Å². The molecular formula is C40H70N2O2. The van der Waals surface area contributed by atoms with Crippen molar-refractivity contribution in [2.24, 2.45) is 52.3 Å². The van der Waals surface area contributed by atoms with E-state index in [9.17, 15) is 4.79 Å². The standard InChI is InChI=1S/C40H70N2O2/c1-30(2)13-11-14-31(3)36-17-18-37-35-16-15-34-29-33(19-22-39(34,5)38(35)20-23-40(36,37)6)21-27-42(26-12-24-41(7)8)25-9-10-28-44-32(4)43/h9-10,15,30-31,33,35-38H,11-14,16-29H2,1-8H3/t31-,33-,35?,36-,37?,38?,39+,40-/m1/s1. The number of nitrogens with zero attached hydrogens (tertiary/aromatic N) is 2. The number of carbonyl (C=O) groups excluding carboxylic acids is 1. The van der Waals surface area contributed by atoms with Gasteiger partial charge in [-0.2, -0.15) is 0 Å². The van der Waals surface area contributed by atoms with Gasteiger partial charge in [0.1, 0.15) is 6.61 Å². The van der Waals surface area contributed by atoms with Gasteiger partial charge in [0.25, 0.3) is 0 Å². The van der Waals surface area contributed by atoms with Crippen LogP contribution in [0.25, 0.3) is 0 Å². The van der Waals surface area contributed by atoms with Crippen molar-refractivity contribution in [1.29, 1.82) is 0 Å². The van der Waals surface area contributed by atoms with Gasteiger partial charge in [-0.3, -0.25) is 9.69 Å². The van der Waals surface area contributed by atoms with E-state index in [0.717, 1.165) is 61.1 Å². The molecule has 0 bridgehead atoms. The topological polar surface area (TPSA) is 32.8 Å². The van der Waals surface area contributed by atoms with Crippen LogP contribution in [-0.4, -0.2) is 62.7 Å². The van der Waals surface area contributed by atoms with Crippen LogP contribution < -0.4 is 0 Å². The monoisotopic (exact) mass is 611 g/mol. The number of rotatable bonds is 16. The maximum absolute atomic E-state index is 11.1. The Kier molecular flexibility index (Phi) is 13.1. The third-order valence-electron chi connectivity index (χ3n) is 13.3. The zero-order chi connectivity index (χ0) is 31.9. The van der Waals surface area contributed by atoms with Gasteiger partial charge in [0.2, 0.25) is 0 Å². The minimum Gasteiger partial charge on any atom is -0.462 e. The average Bonchev–Trinajstić information content (AvgIpc) is 3.32. The highest BCUT2D eigenvalue weighted by molar-refractivity contribution is 5.65. The number of hydrogen-bond acceptors (Lipinski definition) is 4. The van der Waals surface area contributed by atoms with Gasteiger partial charge >= 0.3 is 5.97 Å². The zero-order valence-electron chi connectivity index (χ0n) is 30.2. The number of fused-ring (bicyclic) bond motifs is 5. The summed E-state index contributed by atoms with van der Waals surface area (Å²) in [6, 6.07) is 0. The Labute approximate surface area is 272 Å². The van der Waals surface area contributed by atoms with Crippen molar-refractivity contribution in [3.8, 4) is 0 Å². The highest BCUT2D eigenvalue weighted by Gasteiger charge is 2.59. The van der Waals surface area contributed by atoms with Crippen molar-refractivity contribution in [2.75, 3.05) is 46.9 Å². The fourth-order valence-electron chi connectivity index (χ4n) is 10.7. The molecule has 3 unspecified atom stereocenters. The van der Waals surface area contributed by atoms with E-state index in [1.807, 2.05) is 11.6 Å². The zero-order valence-corrected chi connectivity index (χ0v) is 30.2. The smallest absolute Gasteiger partial charge is 0.302 e. The van der Waals surface area contributed by atoms with Crippen LogP contribution >= 0.6 is 0 Å². The summed E-state index contributed by atoms with van der Waals surface area (Å²) in [6.07, 6.45) is 25.2. The Bertz CT molecular complexity index is 970. The minimum absolute atomic E-state index is 0.207. The first-order chi connectivity index (χ1) is 20.9. The van der Waals surface area contributed by atoms with E-state index in [2.05, 4.69) is 70.7 Å². The van der Waals surface area contributed by atoms with E-state index in [-0.39, 0.29) is 5.97 Å². The average molecular weight is 611 g/mol. The normalized spacial score (nSPS) is 34.2. The molecule has 4 aliphatic rings. The first-order valence-electron chi connectivity index (χ1n) is 18.8. The quantitative estimate of drug-likeness (QED) is 0.129. The van der Waals surface area contributed by atoms with Gasteiger partial charge < -0.3 is 9.64 Å². The summed E-state index contributed by atoms with van der Waals surface area (Å²) in [7, 11) is 4.33. The van der Waals surface area contributed by atoms with Gasteiger partial charge in [0, 0.05) is 13.5 Å². The van der Waals surface area contributed by atoms with E-state index in [0.29, 0.717) is 17.4 Å². The SMILES string of the molecule is CC(=O)OCC=CCN(CCCN(C)C)CC[C@H]1CC[C@@]2(C)C(=CCC3C2CC[C@@]2(C)C3CC[C@@H]2[C@H](C)CCCC(C)C)C1. The lowest BCUT2D eigenvalue weighted by molar-refractivity contribution is -0.139. The van der Waals surface area contributed by atoms with Crippen molar-refractivity contribution < 1.29 is 9.53 Å². The number of ether oxygens (including phenoxy) is 1. The first-order valence-corrected chi connectivity index (χ1v) is 18.8. The predicted octanol–water partition coefficient (Wildman–Crippen LogP) is 9.41. The summed E-state index contributed by atoms with van der Waals surface area (Å²) in [6.45, 7) is 19.0. The van der Waals surface area contributed by atoms with Crippen LogP contribution in [0.1, 0.15) is 125 Å². The van der Waals surface area contributed by atoms with Gasteiger partial charge in [0.05, 0.1) is 0 Å². The lowest BCUT2D eigenvalue weighted by Crippen LogP contribution is -2.50. The molecule has 4 nitrogen and oxygen atoms in total. The molecule has 4 aliphatic carbocycles. The number of hydrogen-bond donors (Lipinski definition) is 0. The van der Waals surface area contributed by atoms with Gasteiger partial charge in [-0.25, -0.2) is 0 Å². The molecule has 252 valence electrons. The number of allylic oxidation sites excluding steroid dienone is 2. The fourth-order valence-corrected chi connectivity index (χ4v) is 10.7. The molecule has 0 aromatic rings. The second kappa shape index (κ2) is 16.1. The molecule has 3 fully saturated rings. The van der Waals surface area contributed by atoms with Crippen LogP contribution in [0.5, 0.6) is 0 Å². The van der Waals surface area contributed by atoms with E-state index in [4.69, 9.17) is 4.74 Å². The van der Waals surface area contributed by atoms with Gasteiger partial charge in [-0.1, -0.05) is 71.6 Å². The van der Waals surface area contributed by atoms with Crippen LogP contribution in [-0.2, 0) is 9.53 Å². The fraction of sp³-hybridized carbons (Fsp3) is 0.875. The van der Waals surface area contributed by atoms with Crippen LogP contribution in [0.4, 0.5) is 0 Å². The van der Waals surface area contributed by atoms with Crippen molar-refractivity contribution in [3.05, 3.63) is 23.8 Å². The molecule has 44 heavy (non-hydrogen) atoms. The molecule has 0 aromatic carbocycles. The molecule has 4 rings (SSSR count). The summed E-state index contributed by atoms with van der Waals surface area (Å²) < 4.78 is 5.10. The Morgan fingerprint density at radius 3 is 2.50 bits per heavy atom.